The van der Waals surface area contributed by atoms with E-state index in [2.05, 4.69) is 36.9 Å². The Balaban J connectivity index is 1.64. The lowest BCUT2D eigenvalue weighted by Gasteiger charge is -2.36. The number of benzene rings is 2. The predicted molar refractivity (Wildman–Crippen MR) is 111 cm³/mol. The molecule has 2 aromatic carbocycles. The second-order valence-electron chi connectivity index (χ2n) is 7.53. The molecular weight excluding hydrogens is 370 g/mol. The molecule has 28 heavy (non-hydrogen) atoms. The average molecular weight is 398 g/mol. The minimum atomic E-state index is -3.35. The Labute approximate surface area is 168 Å². The van der Waals surface area contributed by atoms with Crippen LogP contribution in [0.5, 0.6) is 0 Å². The third-order valence-corrected chi connectivity index (χ3v) is 7.11. The molecule has 0 spiro atoms. The SMILES string of the molecule is CC(C)c1ccc(C(C#N)N2CCN(S(=O)(=O)Cc3ccccc3)CC2)cc1. The fraction of sp³-hybridized carbons (Fsp3) is 0.409. The average Bonchev–Trinajstić information content (AvgIpc) is 2.70. The van der Waals surface area contributed by atoms with Crippen molar-refractivity contribution in [3.8, 4) is 6.07 Å². The molecule has 0 aliphatic carbocycles. The quantitative estimate of drug-likeness (QED) is 0.748. The van der Waals surface area contributed by atoms with Crippen molar-refractivity contribution >= 4 is 10.0 Å². The summed E-state index contributed by atoms with van der Waals surface area (Å²) in [4.78, 5) is 2.07. The maximum atomic E-state index is 12.7. The first kappa shape index (κ1) is 20.5. The molecule has 0 saturated carbocycles. The third-order valence-electron chi connectivity index (χ3n) is 5.26. The van der Waals surface area contributed by atoms with Crippen molar-refractivity contribution in [3.05, 3.63) is 71.3 Å². The van der Waals surface area contributed by atoms with Gasteiger partial charge in [-0.2, -0.15) is 9.57 Å². The molecule has 1 atom stereocenters. The summed E-state index contributed by atoms with van der Waals surface area (Å²) in [7, 11) is -3.35. The largest absolute Gasteiger partial charge is 0.282 e. The molecule has 148 valence electrons. The minimum Gasteiger partial charge on any atom is -0.282 e. The van der Waals surface area contributed by atoms with Gasteiger partial charge in [0.25, 0.3) is 0 Å². The van der Waals surface area contributed by atoms with Crippen molar-refractivity contribution < 1.29 is 8.42 Å². The lowest BCUT2D eigenvalue weighted by Crippen LogP contribution is -2.49. The van der Waals surface area contributed by atoms with Crippen LogP contribution in [0.25, 0.3) is 0 Å². The summed E-state index contributed by atoms with van der Waals surface area (Å²) >= 11 is 0. The zero-order chi connectivity index (χ0) is 20.1. The predicted octanol–water partition coefficient (Wildman–Crippen LogP) is 3.52. The first-order valence-corrected chi connectivity index (χ1v) is 11.3. The third kappa shape index (κ3) is 4.79. The zero-order valence-corrected chi connectivity index (χ0v) is 17.3. The van der Waals surface area contributed by atoms with Gasteiger partial charge in [-0.1, -0.05) is 68.4 Å². The van der Waals surface area contributed by atoms with Gasteiger partial charge in [0.2, 0.25) is 10.0 Å². The highest BCUT2D eigenvalue weighted by Gasteiger charge is 2.30. The van der Waals surface area contributed by atoms with Gasteiger partial charge >= 0.3 is 0 Å². The highest BCUT2D eigenvalue weighted by atomic mass is 32.2. The summed E-state index contributed by atoms with van der Waals surface area (Å²) in [6, 6.07) is 19.5. The van der Waals surface area contributed by atoms with E-state index in [1.165, 1.54) is 5.56 Å². The molecule has 0 bridgehead atoms. The molecule has 0 N–H and O–H groups in total. The molecule has 2 aromatic rings. The van der Waals surface area contributed by atoms with E-state index >= 15 is 0 Å². The van der Waals surface area contributed by atoms with Crippen LogP contribution < -0.4 is 0 Å². The molecule has 0 amide bonds. The first-order valence-electron chi connectivity index (χ1n) is 9.66. The normalized spacial score (nSPS) is 17.4. The van der Waals surface area contributed by atoms with Gasteiger partial charge in [-0.3, -0.25) is 4.90 Å². The number of hydrogen-bond donors (Lipinski definition) is 0. The van der Waals surface area contributed by atoms with Gasteiger partial charge in [0.1, 0.15) is 6.04 Å². The Morgan fingerprint density at radius 2 is 1.50 bits per heavy atom. The summed E-state index contributed by atoms with van der Waals surface area (Å²) in [6.07, 6.45) is 0. The number of piperazine rings is 1. The van der Waals surface area contributed by atoms with E-state index in [4.69, 9.17) is 0 Å². The van der Waals surface area contributed by atoms with Crippen molar-refractivity contribution in [1.29, 1.82) is 5.26 Å². The summed E-state index contributed by atoms with van der Waals surface area (Å²) in [5.41, 5.74) is 3.01. The number of nitriles is 1. The highest BCUT2D eigenvalue weighted by Crippen LogP contribution is 2.25. The van der Waals surface area contributed by atoms with E-state index in [9.17, 15) is 13.7 Å². The van der Waals surface area contributed by atoms with E-state index < -0.39 is 10.0 Å². The second kappa shape index (κ2) is 8.87. The van der Waals surface area contributed by atoms with Gasteiger partial charge in [-0.25, -0.2) is 8.42 Å². The van der Waals surface area contributed by atoms with Crippen molar-refractivity contribution in [2.45, 2.75) is 31.6 Å². The monoisotopic (exact) mass is 397 g/mol. The molecule has 3 rings (SSSR count). The summed E-state index contributed by atoms with van der Waals surface area (Å²) in [6.45, 7) is 6.23. The smallest absolute Gasteiger partial charge is 0.218 e. The van der Waals surface area contributed by atoms with E-state index in [0.29, 0.717) is 32.1 Å². The van der Waals surface area contributed by atoms with E-state index in [1.807, 2.05) is 42.5 Å². The maximum Gasteiger partial charge on any atom is 0.218 e. The van der Waals surface area contributed by atoms with Crippen LogP contribution in [0.1, 0.15) is 42.5 Å². The standard InChI is InChI=1S/C22H27N3O2S/c1-18(2)20-8-10-21(11-9-20)22(16-23)24-12-14-25(15-13-24)28(26,27)17-19-6-4-3-5-7-19/h3-11,18,22H,12-15,17H2,1-2H3. The van der Waals surface area contributed by atoms with Crippen LogP contribution in [0.2, 0.25) is 0 Å². The molecule has 1 saturated heterocycles. The molecule has 1 aliphatic heterocycles. The fourth-order valence-electron chi connectivity index (χ4n) is 3.55. The molecule has 1 heterocycles. The Kier molecular flexibility index (Phi) is 6.50. The molecule has 1 aliphatic rings. The van der Waals surface area contributed by atoms with Gasteiger partial charge in [0.05, 0.1) is 11.8 Å². The van der Waals surface area contributed by atoms with Crippen LogP contribution in [0.15, 0.2) is 54.6 Å². The van der Waals surface area contributed by atoms with Crippen molar-refractivity contribution in [3.63, 3.8) is 0 Å². The van der Waals surface area contributed by atoms with Gasteiger partial charge in [0.15, 0.2) is 0 Å². The summed E-state index contributed by atoms with van der Waals surface area (Å²) in [5, 5.41) is 9.71. The molecule has 0 aromatic heterocycles. The van der Waals surface area contributed by atoms with Gasteiger partial charge in [-0.05, 0) is 22.6 Å². The van der Waals surface area contributed by atoms with Crippen LogP contribution >= 0.6 is 0 Å². The Morgan fingerprint density at radius 3 is 2.04 bits per heavy atom. The summed E-state index contributed by atoms with van der Waals surface area (Å²) in [5.74, 6) is 0.472. The lowest BCUT2D eigenvalue weighted by molar-refractivity contribution is 0.162. The van der Waals surface area contributed by atoms with Gasteiger partial charge in [0, 0.05) is 26.2 Å². The maximum absolute atomic E-state index is 12.7. The Hall–Kier alpha value is -2.20. The Bertz CT molecular complexity index is 911. The lowest BCUT2D eigenvalue weighted by atomic mass is 9.98. The van der Waals surface area contributed by atoms with Crippen molar-refractivity contribution in [2.75, 3.05) is 26.2 Å². The van der Waals surface area contributed by atoms with Crippen LogP contribution in [0.4, 0.5) is 0 Å². The van der Waals surface area contributed by atoms with Crippen molar-refractivity contribution in [1.82, 2.24) is 9.21 Å². The van der Waals surface area contributed by atoms with Crippen LogP contribution in [0, 0.1) is 11.3 Å². The van der Waals surface area contributed by atoms with E-state index in [1.54, 1.807) is 4.31 Å². The van der Waals surface area contributed by atoms with Crippen LogP contribution in [0.3, 0.4) is 0 Å². The fourth-order valence-corrected chi connectivity index (χ4v) is 5.06. The van der Waals surface area contributed by atoms with Gasteiger partial charge < -0.3 is 0 Å². The molecule has 1 fully saturated rings. The van der Waals surface area contributed by atoms with Crippen LogP contribution in [-0.4, -0.2) is 43.8 Å². The molecule has 6 heteroatoms. The van der Waals surface area contributed by atoms with Crippen molar-refractivity contribution in [2.24, 2.45) is 0 Å². The molecule has 5 nitrogen and oxygen atoms in total. The molecular formula is C22H27N3O2S. The zero-order valence-electron chi connectivity index (χ0n) is 16.5. The second-order valence-corrected chi connectivity index (χ2v) is 9.50. The number of hydrogen-bond acceptors (Lipinski definition) is 4. The van der Waals surface area contributed by atoms with Crippen LogP contribution in [-0.2, 0) is 15.8 Å². The minimum absolute atomic E-state index is 0.0200. The molecule has 1 unspecified atom stereocenters. The highest BCUT2D eigenvalue weighted by molar-refractivity contribution is 7.88. The summed E-state index contributed by atoms with van der Waals surface area (Å²) < 4.78 is 27.0. The number of sulfonamides is 1. The topological polar surface area (TPSA) is 64.4 Å². The van der Waals surface area contributed by atoms with E-state index in [-0.39, 0.29) is 11.8 Å². The van der Waals surface area contributed by atoms with E-state index in [0.717, 1.165) is 11.1 Å². The Morgan fingerprint density at radius 1 is 0.929 bits per heavy atom. The first-order chi connectivity index (χ1) is 13.4. The van der Waals surface area contributed by atoms with Gasteiger partial charge in [-0.15, -0.1) is 0 Å². The number of nitrogens with zero attached hydrogens (tertiary/aromatic N) is 3. The molecule has 0 radical (unpaired) electrons. The number of rotatable bonds is 6.